The number of alkyl halides is 3. The van der Waals surface area contributed by atoms with Crippen LogP contribution in [0.5, 0.6) is 0 Å². The number of rotatable bonds is 5. The lowest BCUT2D eigenvalue weighted by molar-refractivity contribution is -0.137. The van der Waals surface area contributed by atoms with Crippen LogP contribution in [0, 0.1) is 0 Å². The van der Waals surface area contributed by atoms with E-state index < -0.39 is 39.1 Å². The number of carbonyl (C=O) groups excluding carboxylic acids is 1. The molecule has 0 saturated carbocycles. The van der Waals surface area contributed by atoms with Crippen LogP contribution < -0.4 is 15.4 Å². The number of halogens is 3. The molecule has 1 aliphatic heterocycles. The second kappa shape index (κ2) is 7.49. The van der Waals surface area contributed by atoms with E-state index >= 15 is 0 Å². The number of amides is 1. The highest BCUT2D eigenvalue weighted by molar-refractivity contribution is 7.89. The molecule has 0 radical (unpaired) electrons. The Bertz CT molecular complexity index is 686. The molecule has 0 unspecified atom stereocenters. The first-order valence-corrected chi connectivity index (χ1v) is 8.84. The van der Waals surface area contributed by atoms with Gasteiger partial charge in [-0.1, -0.05) is 6.07 Å². The van der Waals surface area contributed by atoms with Crippen LogP contribution in [0.15, 0.2) is 29.2 Å². The van der Waals surface area contributed by atoms with Crippen molar-refractivity contribution in [2.45, 2.75) is 30.0 Å². The van der Waals surface area contributed by atoms with Gasteiger partial charge < -0.3 is 10.6 Å². The van der Waals surface area contributed by atoms with Crippen molar-refractivity contribution >= 4 is 15.9 Å². The highest BCUT2D eigenvalue weighted by atomic mass is 32.2. The predicted octanol–water partition coefficient (Wildman–Crippen LogP) is 0.852. The molecule has 24 heavy (non-hydrogen) atoms. The topological polar surface area (TPSA) is 87.3 Å². The number of nitrogens with one attached hydrogen (secondary N) is 3. The third-order valence-corrected chi connectivity index (χ3v) is 5.00. The van der Waals surface area contributed by atoms with Gasteiger partial charge in [0.1, 0.15) is 0 Å². The van der Waals surface area contributed by atoms with Gasteiger partial charge in [-0.05, 0) is 44.1 Å². The molecule has 0 aromatic heterocycles. The first-order chi connectivity index (χ1) is 11.2. The fourth-order valence-corrected chi connectivity index (χ4v) is 3.36. The van der Waals surface area contributed by atoms with E-state index in [2.05, 4.69) is 10.6 Å². The van der Waals surface area contributed by atoms with Gasteiger partial charge >= 0.3 is 6.18 Å². The maximum atomic E-state index is 12.6. The van der Waals surface area contributed by atoms with Crippen LogP contribution in [0.1, 0.15) is 18.4 Å². The van der Waals surface area contributed by atoms with Gasteiger partial charge in [0.25, 0.3) is 0 Å². The van der Waals surface area contributed by atoms with Crippen molar-refractivity contribution in [1.29, 1.82) is 0 Å². The van der Waals surface area contributed by atoms with E-state index in [1.165, 1.54) is 0 Å². The molecule has 1 aliphatic rings. The molecule has 1 aromatic rings. The number of hydrogen-bond donors (Lipinski definition) is 3. The second-order valence-corrected chi connectivity index (χ2v) is 7.21. The van der Waals surface area contributed by atoms with Gasteiger partial charge in [-0.15, -0.1) is 0 Å². The molecule has 0 spiro atoms. The van der Waals surface area contributed by atoms with Gasteiger partial charge in [0.15, 0.2) is 0 Å². The molecular formula is C14H18F3N3O3S. The summed E-state index contributed by atoms with van der Waals surface area (Å²) in [5, 5.41) is 5.82. The summed E-state index contributed by atoms with van der Waals surface area (Å²) < 4.78 is 64.0. The monoisotopic (exact) mass is 365 g/mol. The number of benzene rings is 1. The van der Waals surface area contributed by atoms with E-state index in [-0.39, 0.29) is 6.04 Å². The maximum absolute atomic E-state index is 12.6. The van der Waals surface area contributed by atoms with Gasteiger partial charge in [0.05, 0.1) is 17.0 Å². The molecule has 0 bridgehead atoms. The summed E-state index contributed by atoms with van der Waals surface area (Å²) in [6.45, 7) is 1.00. The quantitative estimate of drug-likeness (QED) is 0.722. The zero-order valence-electron chi connectivity index (χ0n) is 12.7. The third kappa shape index (κ3) is 5.18. The lowest BCUT2D eigenvalue weighted by atomic mass is 10.1. The minimum Gasteiger partial charge on any atom is -0.352 e. The van der Waals surface area contributed by atoms with Crippen molar-refractivity contribution in [1.82, 2.24) is 15.4 Å². The first kappa shape index (κ1) is 18.7. The molecule has 1 aromatic carbocycles. The number of hydrogen-bond acceptors (Lipinski definition) is 4. The Labute approximate surface area is 137 Å². The minimum absolute atomic E-state index is 0.0307. The lowest BCUT2D eigenvalue weighted by Crippen LogP contribution is -2.46. The van der Waals surface area contributed by atoms with E-state index in [9.17, 15) is 26.4 Å². The number of carbonyl (C=O) groups is 1. The zero-order valence-corrected chi connectivity index (χ0v) is 13.5. The van der Waals surface area contributed by atoms with Crippen molar-refractivity contribution < 1.29 is 26.4 Å². The highest BCUT2D eigenvalue weighted by Crippen LogP contribution is 2.30. The van der Waals surface area contributed by atoms with Gasteiger partial charge in [-0.25, -0.2) is 13.1 Å². The Morgan fingerprint density at radius 3 is 2.54 bits per heavy atom. The smallest absolute Gasteiger partial charge is 0.352 e. The van der Waals surface area contributed by atoms with E-state index in [4.69, 9.17) is 0 Å². The van der Waals surface area contributed by atoms with Crippen LogP contribution in [0.2, 0.25) is 0 Å². The SMILES string of the molecule is O=C(CNS(=O)(=O)c1cccc(C(F)(F)F)c1)NC1CCNCC1. The summed E-state index contributed by atoms with van der Waals surface area (Å²) >= 11 is 0. The van der Waals surface area contributed by atoms with Crippen LogP contribution in [0.3, 0.4) is 0 Å². The van der Waals surface area contributed by atoms with E-state index in [1.54, 1.807) is 0 Å². The molecule has 0 atom stereocenters. The second-order valence-electron chi connectivity index (χ2n) is 5.44. The van der Waals surface area contributed by atoms with E-state index in [1.807, 2.05) is 4.72 Å². The molecule has 2 rings (SSSR count). The van der Waals surface area contributed by atoms with Crippen molar-refractivity contribution in [2.75, 3.05) is 19.6 Å². The molecule has 1 amide bonds. The molecule has 1 fully saturated rings. The minimum atomic E-state index is -4.64. The Morgan fingerprint density at radius 1 is 1.25 bits per heavy atom. The molecular weight excluding hydrogens is 347 g/mol. The standard InChI is InChI=1S/C14H18F3N3O3S/c15-14(16,17)10-2-1-3-12(8-10)24(22,23)19-9-13(21)20-11-4-6-18-7-5-11/h1-3,8,11,18-19H,4-7,9H2,(H,20,21). The average molecular weight is 365 g/mol. The zero-order chi connectivity index (χ0) is 17.8. The van der Waals surface area contributed by atoms with Crippen LogP contribution >= 0.6 is 0 Å². The first-order valence-electron chi connectivity index (χ1n) is 7.35. The van der Waals surface area contributed by atoms with Crippen molar-refractivity contribution in [3.05, 3.63) is 29.8 Å². The molecule has 6 nitrogen and oxygen atoms in total. The van der Waals surface area contributed by atoms with Gasteiger partial charge in [0.2, 0.25) is 15.9 Å². The molecule has 10 heteroatoms. The lowest BCUT2D eigenvalue weighted by Gasteiger charge is -2.23. The Morgan fingerprint density at radius 2 is 1.92 bits per heavy atom. The summed E-state index contributed by atoms with van der Waals surface area (Å²) in [6, 6.07) is 3.33. The van der Waals surface area contributed by atoms with Gasteiger partial charge in [0, 0.05) is 6.04 Å². The Kier molecular flexibility index (Phi) is 5.83. The van der Waals surface area contributed by atoms with Crippen LogP contribution in [-0.2, 0) is 21.0 Å². The Hall–Kier alpha value is -1.65. The van der Waals surface area contributed by atoms with Gasteiger partial charge in [-0.3, -0.25) is 4.79 Å². The highest BCUT2D eigenvalue weighted by Gasteiger charge is 2.31. The largest absolute Gasteiger partial charge is 0.416 e. The molecule has 0 aliphatic carbocycles. The normalized spacial score (nSPS) is 16.8. The number of piperidine rings is 1. The molecule has 3 N–H and O–H groups in total. The summed E-state index contributed by atoms with van der Waals surface area (Å²) in [7, 11) is -4.20. The molecule has 1 saturated heterocycles. The van der Waals surface area contributed by atoms with E-state index in [0.29, 0.717) is 6.07 Å². The van der Waals surface area contributed by atoms with E-state index in [0.717, 1.165) is 44.1 Å². The summed E-state index contributed by atoms with van der Waals surface area (Å²) in [4.78, 5) is 11.2. The summed E-state index contributed by atoms with van der Waals surface area (Å²) in [5.41, 5.74) is -1.07. The van der Waals surface area contributed by atoms with Crippen molar-refractivity contribution in [3.63, 3.8) is 0 Å². The van der Waals surface area contributed by atoms with Crippen molar-refractivity contribution in [2.24, 2.45) is 0 Å². The molecule has 1 heterocycles. The number of sulfonamides is 1. The van der Waals surface area contributed by atoms with Crippen LogP contribution in [0.25, 0.3) is 0 Å². The van der Waals surface area contributed by atoms with Crippen LogP contribution in [0.4, 0.5) is 13.2 Å². The fraction of sp³-hybridized carbons (Fsp3) is 0.500. The predicted molar refractivity (Wildman–Crippen MR) is 80.7 cm³/mol. The molecule has 134 valence electrons. The summed E-state index contributed by atoms with van der Waals surface area (Å²) in [6.07, 6.45) is -3.16. The van der Waals surface area contributed by atoms with Crippen molar-refractivity contribution in [3.8, 4) is 0 Å². The maximum Gasteiger partial charge on any atom is 0.416 e. The van der Waals surface area contributed by atoms with Crippen LogP contribution in [-0.4, -0.2) is 40.0 Å². The fourth-order valence-electron chi connectivity index (χ4n) is 2.33. The third-order valence-electron chi connectivity index (χ3n) is 3.60. The average Bonchev–Trinajstić information content (AvgIpc) is 2.53. The summed E-state index contributed by atoms with van der Waals surface area (Å²) in [5.74, 6) is -0.516. The Balaban J connectivity index is 1.97. The van der Waals surface area contributed by atoms with Gasteiger partial charge in [-0.2, -0.15) is 13.2 Å².